The largest absolute Gasteiger partial charge is 0.385 e. The van der Waals surface area contributed by atoms with Crippen molar-refractivity contribution in [2.45, 2.75) is 18.4 Å². The fourth-order valence-corrected chi connectivity index (χ4v) is 2.12. The van der Waals surface area contributed by atoms with Crippen molar-refractivity contribution in [2.24, 2.45) is 0 Å². The van der Waals surface area contributed by atoms with Gasteiger partial charge in [0.15, 0.2) is 0 Å². The Bertz CT molecular complexity index is 345. The Morgan fingerprint density at radius 2 is 1.88 bits per heavy atom. The molecule has 0 radical (unpaired) electrons. The molecule has 0 bridgehead atoms. The third kappa shape index (κ3) is 2.23. The number of carbonyl (C=O) groups excluding carboxylic acids is 1. The van der Waals surface area contributed by atoms with Crippen molar-refractivity contribution in [1.82, 2.24) is 10.4 Å². The first-order valence-electron chi connectivity index (χ1n) is 5.47. The number of piperidine rings is 1. The summed E-state index contributed by atoms with van der Waals surface area (Å²) in [6.45, 7) is 1.34. The minimum Gasteiger partial charge on any atom is -0.385 e. The second-order valence-corrected chi connectivity index (χ2v) is 4.13. The third-order valence-corrected chi connectivity index (χ3v) is 3.14. The predicted octanol–water partition coefficient (Wildman–Crippen LogP) is 0.631. The van der Waals surface area contributed by atoms with Crippen molar-refractivity contribution < 1.29 is 9.90 Å². The number of carbonyl (C=O) groups is 1. The molecule has 1 saturated heterocycles. The lowest BCUT2D eigenvalue weighted by Crippen LogP contribution is -2.48. The highest BCUT2D eigenvalue weighted by Gasteiger charge is 2.33. The molecule has 86 valence electrons. The zero-order valence-corrected chi connectivity index (χ0v) is 9.10. The van der Waals surface area contributed by atoms with E-state index in [9.17, 15) is 9.90 Å². The maximum absolute atomic E-state index is 10.5. The number of hydrazine groups is 1. The molecule has 0 aromatic heterocycles. The fraction of sp³-hybridized carbons (Fsp3) is 0.417. The number of hydrogen-bond acceptors (Lipinski definition) is 3. The van der Waals surface area contributed by atoms with E-state index in [1.54, 1.807) is 0 Å². The summed E-state index contributed by atoms with van der Waals surface area (Å²) in [4.78, 5) is 10.3. The molecule has 16 heavy (non-hydrogen) atoms. The van der Waals surface area contributed by atoms with Gasteiger partial charge in [-0.2, -0.15) is 0 Å². The molecule has 4 nitrogen and oxygen atoms in total. The molecule has 1 heterocycles. The summed E-state index contributed by atoms with van der Waals surface area (Å²) in [5, 5.41) is 12.3. The summed E-state index contributed by atoms with van der Waals surface area (Å²) in [6.07, 6.45) is 1.95. The molecule has 0 unspecified atom stereocenters. The number of nitrogens with zero attached hydrogens (tertiary/aromatic N) is 1. The standard InChI is InChI=1S/C12H16N2O2/c15-10-13-14-8-6-12(16,7-9-14)11-4-2-1-3-5-11/h1-5,10,16H,6-9H2,(H,13,15). The normalized spacial score (nSPS) is 20.3. The van der Waals surface area contributed by atoms with E-state index in [0.29, 0.717) is 32.3 Å². The van der Waals surface area contributed by atoms with Crippen LogP contribution >= 0.6 is 0 Å². The quantitative estimate of drug-likeness (QED) is 0.735. The van der Waals surface area contributed by atoms with Gasteiger partial charge in [0.2, 0.25) is 6.41 Å². The maximum atomic E-state index is 10.5. The van der Waals surface area contributed by atoms with Gasteiger partial charge in [-0.25, -0.2) is 5.01 Å². The summed E-state index contributed by atoms with van der Waals surface area (Å²) in [5.74, 6) is 0. The summed E-state index contributed by atoms with van der Waals surface area (Å²) in [5.41, 5.74) is 2.83. The van der Waals surface area contributed by atoms with Crippen LogP contribution in [0.5, 0.6) is 0 Å². The van der Waals surface area contributed by atoms with Gasteiger partial charge < -0.3 is 5.11 Å². The van der Waals surface area contributed by atoms with Crippen LogP contribution < -0.4 is 5.43 Å². The molecule has 1 aromatic carbocycles. The minimum absolute atomic E-state index is 0.637. The molecule has 4 heteroatoms. The van der Waals surface area contributed by atoms with Gasteiger partial charge in [0.25, 0.3) is 0 Å². The van der Waals surface area contributed by atoms with Gasteiger partial charge in [0.1, 0.15) is 0 Å². The predicted molar refractivity (Wildman–Crippen MR) is 60.3 cm³/mol. The number of aliphatic hydroxyl groups is 1. The fourth-order valence-electron chi connectivity index (χ4n) is 2.12. The average Bonchev–Trinajstić information content (AvgIpc) is 2.34. The number of nitrogens with one attached hydrogen (secondary N) is 1. The third-order valence-electron chi connectivity index (χ3n) is 3.14. The Balaban J connectivity index is 2.04. The molecular weight excluding hydrogens is 204 g/mol. The van der Waals surface area contributed by atoms with Crippen LogP contribution in [0.4, 0.5) is 0 Å². The van der Waals surface area contributed by atoms with Gasteiger partial charge in [0, 0.05) is 13.1 Å². The smallest absolute Gasteiger partial charge is 0.221 e. The molecule has 2 rings (SSSR count). The van der Waals surface area contributed by atoms with E-state index in [1.165, 1.54) is 0 Å². The topological polar surface area (TPSA) is 52.6 Å². The molecule has 0 spiro atoms. The summed E-state index contributed by atoms with van der Waals surface area (Å²) < 4.78 is 0. The maximum Gasteiger partial charge on any atom is 0.221 e. The van der Waals surface area contributed by atoms with Gasteiger partial charge >= 0.3 is 0 Å². The van der Waals surface area contributed by atoms with Crippen molar-refractivity contribution in [2.75, 3.05) is 13.1 Å². The Morgan fingerprint density at radius 3 is 2.44 bits per heavy atom. The highest BCUT2D eigenvalue weighted by molar-refractivity contribution is 5.45. The highest BCUT2D eigenvalue weighted by atomic mass is 16.3. The molecule has 0 aliphatic carbocycles. The Morgan fingerprint density at radius 1 is 1.25 bits per heavy atom. The van der Waals surface area contributed by atoms with Crippen molar-refractivity contribution in [3.8, 4) is 0 Å². The lowest BCUT2D eigenvalue weighted by atomic mass is 9.85. The molecule has 1 amide bonds. The van der Waals surface area contributed by atoms with Crippen LogP contribution in [0, 0.1) is 0 Å². The first kappa shape index (κ1) is 11.1. The Labute approximate surface area is 94.9 Å². The number of amides is 1. The van der Waals surface area contributed by atoms with Crippen LogP contribution in [0.2, 0.25) is 0 Å². The Hall–Kier alpha value is -1.39. The Kier molecular flexibility index (Phi) is 3.22. The first-order chi connectivity index (χ1) is 7.74. The van der Waals surface area contributed by atoms with Crippen LogP contribution in [0.1, 0.15) is 18.4 Å². The number of hydrogen-bond donors (Lipinski definition) is 2. The van der Waals surface area contributed by atoms with Crippen LogP contribution in [0.25, 0.3) is 0 Å². The zero-order valence-electron chi connectivity index (χ0n) is 9.10. The highest BCUT2D eigenvalue weighted by Crippen LogP contribution is 2.31. The molecule has 2 N–H and O–H groups in total. The zero-order chi connectivity index (χ0) is 11.4. The van der Waals surface area contributed by atoms with Gasteiger partial charge in [-0.3, -0.25) is 10.2 Å². The van der Waals surface area contributed by atoms with E-state index in [-0.39, 0.29) is 0 Å². The number of rotatable bonds is 3. The molecule has 1 aromatic rings. The van der Waals surface area contributed by atoms with Crippen molar-refractivity contribution in [3.05, 3.63) is 35.9 Å². The van der Waals surface area contributed by atoms with Crippen LogP contribution in [-0.2, 0) is 10.4 Å². The summed E-state index contributed by atoms with van der Waals surface area (Å²) >= 11 is 0. The van der Waals surface area contributed by atoms with Crippen LogP contribution in [-0.4, -0.2) is 29.6 Å². The van der Waals surface area contributed by atoms with E-state index < -0.39 is 5.60 Å². The van der Waals surface area contributed by atoms with Gasteiger partial charge in [-0.15, -0.1) is 0 Å². The minimum atomic E-state index is -0.748. The van der Waals surface area contributed by atoms with Crippen molar-refractivity contribution in [3.63, 3.8) is 0 Å². The molecule has 0 atom stereocenters. The molecular formula is C12H16N2O2. The second-order valence-electron chi connectivity index (χ2n) is 4.13. The molecule has 1 aliphatic rings. The first-order valence-corrected chi connectivity index (χ1v) is 5.47. The monoisotopic (exact) mass is 220 g/mol. The van der Waals surface area contributed by atoms with E-state index in [0.717, 1.165) is 5.56 Å². The van der Waals surface area contributed by atoms with E-state index >= 15 is 0 Å². The second kappa shape index (κ2) is 4.63. The van der Waals surface area contributed by atoms with Crippen molar-refractivity contribution >= 4 is 6.41 Å². The van der Waals surface area contributed by atoms with Gasteiger partial charge in [-0.05, 0) is 18.4 Å². The van der Waals surface area contributed by atoms with Gasteiger partial charge in [0.05, 0.1) is 5.60 Å². The molecule has 1 aliphatic heterocycles. The van der Waals surface area contributed by atoms with Crippen LogP contribution in [0.15, 0.2) is 30.3 Å². The SMILES string of the molecule is O=CNN1CCC(O)(c2ccccc2)CC1. The summed E-state index contributed by atoms with van der Waals surface area (Å²) in [7, 11) is 0. The lowest BCUT2D eigenvalue weighted by molar-refractivity contribution is -0.116. The van der Waals surface area contributed by atoms with Gasteiger partial charge in [-0.1, -0.05) is 30.3 Å². The molecule has 1 fully saturated rings. The molecule has 0 saturated carbocycles. The van der Waals surface area contributed by atoms with Crippen LogP contribution in [0.3, 0.4) is 0 Å². The summed E-state index contributed by atoms with van der Waals surface area (Å²) in [6, 6.07) is 9.70. The van der Waals surface area contributed by atoms with Crippen molar-refractivity contribution in [1.29, 1.82) is 0 Å². The number of benzene rings is 1. The average molecular weight is 220 g/mol. The van der Waals surface area contributed by atoms with E-state index in [1.807, 2.05) is 35.3 Å². The lowest BCUT2D eigenvalue weighted by Gasteiger charge is -2.37. The van der Waals surface area contributed by atoms with E-state index in [2.05, 4.69) is 5.43 Å². The van der Waals surface area contributed by atoms with E-state index in [4.69, 9.17) is 0 Å².